The van der Waals surface area contributed by atoms with E-state index in [-0.39, 0.29) is 28.6 Å². The number of hydrogen-bond donors (Lipinski definition) is 0. The van der Waals surface area contributed by atoms with E-state index in [1.54, 1.807) is 0 Å². The van der Waals surface area contributed by atoms with Crippen LogP contribution < -0.4 is 0 Å². The second-order valence-electron chi connectivity index (χ2n) is 2.73. The van der Waals surface area contributed by atoms with Crippen LogP contribution in [0.1, 0.15) is 10.1 Å². The Balaban J connectivity index is 0.00000225. The predicted molar refractivity (Wildman–Crippen MR) is 54.3 cm³/mol. The molecule has 0 spiro atoms. The Kier molecular flexibility index (Phi) is 5.36. The van der Waals surface area contributed by atoms with Crippen molar-refractivity contribution < 1.29 is 25.9 Å². The quantitative estimate of drug-likeness (QED) is 0.537. The molecule has 1 aromatic rings. The first-order valence-electron chi connectivity index (χ1n) is 3.67. The van der Waals surface area contributed by atoms with Crippen molar-refractivity contribution in [2.45, 2.75) is 4.58 Å². The van der Waals surface area contributed by atoms with Crippen LogP contribution in [-0.2, 0) is 20.2 Å². The summed E-state index contributed by atoms with van der Waals surface area (Å²) in [6.45, 7) is 0. The molecule has 0 aromatic heterocycles. The molecule has 9 heteroatoms. The zero-order valence-electron chi connectivity index (χ0n) is 7.94. The third-order valence-corrected chi connectivity index (χ3v) is 4.60. The van der Waals surface area contributed by atoms with Crippen molar-refractivity contribution in [1.82, 2.24) is 0 Å². The van der Waals surface area contributed by atoms with Crippen molar-refractivity contribution in [3.8, 4) is 0 Å². The Labute approximate surface area is 109 Å². The Morgan fingerprint density at radius 2 is 1.25 bits per heavy atom. The van der Waals surface area contributed by atoms with E-state index in [0.717, 1.165) is 12.1 Å². The third kappa shape index (κ3) is 4.00. The second-order valence-corrected chi connectivity index (χ2v) is 5.94. The van der Waals surface area contributed by atoms with E-state index >= 15 is 0 Å². The minimum Gasteiger partial charge on any atom is -0.747 e. The molecule has 0 aliphatic heterocycles. The molecule has 0 aliphatic carbocycles. The van der Waals surface area contributed by atoms with Crippen molar-refractivity contribution in [3.05, 3.63) is 35.9 Å². The fourth-order valence-corrected chi connectivity index (χ4v) is 3.22. The van der Waals surface area contributed by atoms with Crippen LogP contribution in [-0.4, -0.2) is 49.0 Å². The standard InChI is InChI=1S/C7H8O6S2.Mg/c8-14(9,10)7(15(11,12)13)6-4-2-1-3-5-6;/h1-5,7H,(H,8,9,10)(H,11,12,13);/q;+2/p-2. The first-order valence-corrected chi connectivity index (χ1v) is 6.61. The first-order chi connectivity index (χ1) is 6.73. The van der Waals surface area contributed by atoms with Crippen molar-refractivity contribution in [1.29, 1.82) is 0 Å². The fourth-order valence-electron chi connectivity index (χ4n) is 1.09. The maximum atomic E-state index is 10.6. The molecule has 1 rings (SSSR count). The van der Waals surface area contributed by atoms with Gasteiger partial charge in [-0.1, -0.05) is 30.3 Å². The normalized spacial score (nSPS) is 12.2. The van der Waals surface area contributed by atoms with Crippen molar-refractivity contribution >= 4 is 43.3 Å². The van der Waals surface area contributed by atoms with Gasteiger partial charge in [-0.25, -0.2) is 16.8 Å². The van der Waals surface area contributed by atoms with E-state index < -0.39 is 24.8 Å². The number of hydrogen-bond acceptors (Lipinski definition) is 6. The second kappa shape index (κ2) is 5.43. The molecule has 84 valence electrons. The molecule has 0 N–H and O–H groups in total. The molecule has 0 radical (unpaired) electrons. The van der Waals surface area contributed by atoms with Crippen molar-refractivity contribution in [2.75, 3.05) is 0 Å². The molecule has 0 amide bonds. The van der Waals surface area contributed by atoms with Gasteiger partial charge in [-0.2, -0.15) is 0 Å². The average molecular weight is 275 g/mol. The van der Waals surface area contributed by atoms with Crippen LogP contribution in [0.15, 0.2) is 30.3 Å². The molecule has 0 atom stereocenters. The van der Waals surface area contributed by atoms with Crippen LogP contribution in [0.2, 0.25) is 0 Å². The zero-order chi connectivity index (χ0) is 11.7. The van der Waals surface area contributed by atoms with Gasteiger partial charge in [0, 0.05) is 0 Å². The Morgan fingerprint density at radius 1 is 0.875 bits per heavy atom. The molecular formula is C7H6MgO6S2. The molecule has 0 saturated heterocycles. The van der Waals surface area contributed by atoms with Crippen LogP contribution in [0.25, 0.3) is 0 Å². The van der Waals surface area contributed by atoms with Gasteiger partial charge in [-0.15, -0.1) is 0 Å². The summed E-state index contributed by atoms with van der Waals surface area (Å²) in [6.07, 6.45) is 0. The van der Waals surface area contributed by atoms with E-state index in [1.807, 2.05) is 0 Å². The Morgan fingerprint density at radius 3 is 1.56 bits per heavy atom. The molecule has 16 heavy (non-hydrogen) atoms. The zero-order valence-corrected chi connectivity index (χ0v) is 11.0. The summed E-state index contributed by atoms with van der Waals surface area (Å²) >= 11 is 0. The third-order valence-electron chi connectivity index (χ3n) is 1.60. The van der Waals surface area contributed by atoms with Gasteiger partial charge in [0.2, 0.25) is 0 Å². The summed E-state index contributed by atoms with van der Waals surface area (Å²) < 4.78 is 61.3. The fraction of sp³-hybridized carbons (Fsp3) is 0.143. The SMILES string of the molecule is O=S(=O)([O-])C(c1ccccc1)S(=O)(=O)[O-].[Mg+2]. The molecule has 0 saturated carbocycles. The average Bonchev–Trinajstić information content (AvgIpc) is 2.00. The first kappa shape index (κ1) is 15.8. The minimum atomic E-state index is -5.23. The summed E-state index contributed by atoms with van der Waals surface area (Å²) in [6, 6.07) is 6.35. The van der Waals surface area contributed by atoms with Gasteiger partial charge in [0.15, 0.2) is 4.58 Å². The smallest absolute Gasteiger partial charge is 0.747 e. The van der Waals surface area contributed by atoms with Crippen LogP contribution in [0.3, 0.4) is 0 Å². The van der Waals surface area contributed by atoms with Gasteiger partial charge in [0.25, 0.3) is 0 Å². The van der Waals surface area contributed by atoms with Crippen LogP contribution in [0, 0.1) is 0 Å². The summed E-state index contributed by atoms with van der Waals surface area (Å²) in [4.78, 5) is 0. The van der Waals surface area contributed by atoms with E-state index in [2.05, 4.69) is 0 Å². The summed E-state index contributed by atoms with van der Waals surface area (Å²) in [7, 11) is -10.5. The summed E-state index contributed by atoms with van der Waals surface area (Å²) in [5.74, 6) is 0. The van der Waals surface area contributed by atoms with E-state index in [9.17, 15) is 25.9 Å². The summed E-state index contributed by atoms with van der Waals surface area (Å²) in [5, 5.41) is 0. The maximum Gasteiger partial charge on any atom is 2.00 e. The van der Waals surface area contributed by atoms with Gasteiger partial charge >= 0.3 is 23.1 Å². The molecule has 1 aromatic carbocycles. The predicted octanol–water partition coefficient (Wildman–Crippen LogP) is -0.605. The minimum absolute atomic E-state index is 0. The molecule has 0 aliphatic rings. The van der Waals surface area contributed by atoms with Crippen LogP contribution in [0.4, 0.5) is 0 Å². The molecule has 0 heterocycles. The topological polar surface area (TPSA) is 114 Å². The molecule has 0 fully saturated rings. The van der Waals surface area contributed by atoms with E-state index in [1.165, 1.54) is 18.2 Å². The monoisotopic (exact) mass is 274 g/mol. The van der Waals surface area contributed by atoms with Gasteiger partial charge in [0.1, 0.15) is 20.2 Å². The molecular weight excluding hydrogens is 269 g/mol. The van der Waals surface area contributed by atoms with E-state index in [4.69, 9.17) is 0 Å². The summed E-state index contributed by atoms with van der Waals surface area (Å²) in [5.41, 5.74) is -0.345. The Bertz CT molecular complexity index is 503. The Hall–Kier alpha value is -0.194. The molecule has 6 nitrogen and oxygen atoms in total. The van der Waals surface area contributed by atoms with Gasteiger partial charge in [-0.3, -0.25) is 0 Å². The van der Waals surface area contributed by atoms with Gasteiger partial charge in [-0.05, 0) is 5.56 Å². The largest absolute Gasteiger partial charge is 2.00 e. The van der Waals surface area contributed by atoms with Crippen molar-refractivity contribution in [3.63, 3.8) is 0 Å². The van der Waals surface area contributed by atoms with Crippen molar-refractivity contribution in [2.24, 2.45) is 0 Å². The molecule has 0 unspecified atom stereocenters. The van der Waals surface area contributed by atoms with Gasteiger partial charge < -0.3 is 9.11 Å². The van der Waals surface area contributed by atoms with Crippen LogP contribution in [0.5, 0.6) is 0 Å². The number of benzene rings is 1. The van der Waals surface area contributed by atoms with E-state index in [0.29, 0.717) is 0 Å². The maximum absolute atomic E-state index is 10.6. The number of rotatable bonds is 3. The molecule has 0 bridgehead atoms. The van der Waals surface area contributed by atoms with Gasteiger partial charge in [0.05, 0.1) is 0 Å². The van der Waals surface area contributed by atoms with Crippen LogP contribution >= 0.6 is 0 Å².